The van der Waals surface area contributed by atoms with Crippen LogP contribution in [0, 0.1) is 11.8 Å². The van der Waals surface area contributed by atoms with Gasteiger partial charge >= 0.3 is 0 Å². The number of rotatable bonds is 3. The molecule has 0 saturated carbocycles. The Labute approximate surface area is 126 Å². The molecule has 1 aliphatic heterocycles. The number of ether oxygens (including phenoxy) is 1. The molecule has 0 aliphatic carbocycles. The van der Waals surface area contributed by atoms with Crippen LogP contribution in [0.1, 0.15) is 17.3 Å². The van der Waals surface area contributed by atoms with Crippen LogP contribution < -0.4 is 10.5 Å². The zero-order chi connectivity index (χ0) is 14.9. The topological polar surface area (TPSA) is 72.6 Å². The third-order valence-corrected chi connectivity index (χ3v) is 4.15. The van der Waals surface area contributed by atoms with Gasteiger partial charge in [0.25, 0.3) is 5.91 Å². The number of hydrogen-bond donors (Lipinski definition) is 1. The number of likely N-dealkylation sites (tertiary alicyclic amines) is 1. The number of halogens is 1. The molecule has 2 rings (SSSR count). The molecule has 1 aliphatic rings. The molecule has 1 aromatic rings. The molecular formula is C14H17BrN2O3. The molecule has 2 atom stereocenters. The van der Waals surface area contributed by atoms with Crippen molar-refractivity contribution >= 4 is 27.7 Å². The normalized spacial score (nSPS) is 21.9. The van der Waals surface area contributed by atoms with Gasteiger partial charge in [0, 0.05) is 17.6 Å². The molecule has 108 valence electrons. The molecule has 1 aromatic carbocycles. The summed E-state index contributed by atoms with van der Waals surface area (Å²) in [6.45, 7) is 2.84. The lowest BCUT2D eigenvalue weighted by atomic mass is 9.98. The zero-order valence-corrected chi connectivity index (χ0v) is 13.0. The summed E-state index contributed by atoms with van der Waals surface area (Å²) in [6.07, 6.45) is 0. The number of primary amides is 1. The molecule has 2 N–H and O–H groups in total. The number of hydrogen-bond acceptors (Lipinski definition) is 3. The number of nitrogens with zero attached hydrogens (tertiary/aromatic N) is 1. The molecule has 2 amide bonds. The van der Waals surface area contributed by atoms with Crippen LogP contribution in [0.4, 0.5) is 0 Å². The summed E-state index contributed by atoms with van der Waals surface area (Å²) in [7, 11) is 1.53. The van der Waals surface area contributed by atoms with Crippen LogP contribution in [0.2, 0.25) is 0 Å². The Kier molecular flexibility index (Phi) is 4.32. The van der Waals surface area contributed by atoms with E-state index >= 15 is 0 Å². The number of amides is 2. The van der Waals surface area contributed by atoms with Gasteiger partial charge in [-0.2, -0.15) is 0 Å². The maximum atomic E-state index is 12.5. The highest BCUT2D eigenvalue weighted by molar-refractivity contribution is 9.10. The predicted octanol–water partition coefficient (Wildman–Crippen LogP) is 1.65. The van der Waals surface area contributed by atoms with E-state index in [0.717, 1.165) is 4.47 Å². The summed E-state index contributed by atoms with van der Waals surface area (Å²) in [5.74, 6) is -0.168. The van der Waals surface area contributed by atoms with Gasteiger partial charge in [-0.15, -0.1) is 0 Å². The van der Waals surface area contributed by atoms with Crippen molar-refractivity contribution in [2.45, 2.75) is 6.92 Å². The quantitative estimate of drug-likeness (QED) is 0.909. The molecule has 20 heavy (non-hydrogen) atoms. The van der Waals surface area contributed by atoms with E-state index in [9.17, 15) is 9.59 Å². The Morgan fingerprint density at radius 2 is 2.10 bits per heavy atom. The monoisotopic (exact) mass is 340 g/mol. The summed E-state index contributed by atoms with van der Waals surface area (Å²) >= 11 is 3.34. The van der Waals surface area contributed by atoms with Crippen molar-refractivity contribution in [2.24, 2.45) is 17.6 Å². The summed E-state index contributed by atoms with van der Waals surface area (Å²) in [6, 6.07) is 5.26. The maximum absolute atomic E-state index is 12.5. The smallest absolute Gasteiger partial charge is 0.257 e. The number of methoxy groups -OCH3 is 1. The van der Waals surface area contributed by atoms with E-state index in [2.05, 4.69) is 15.9 Å². The van der Waals surface area contributed by atoms with Crippen LogP contribution in [-0.2, 0) is 4.79 Å². The van der Waals surface area contributed by atoms with Crippen molar-refractivity contribution in [3.8, 4) is 5.75 Å². The minimum Gasteiger partial charge on any atom is -0.496 e. The molecule has 6 heteroatoms. The Morgan fingerprint density at radius 3 is 2.65 bits per heavy atom. The fourth-order valence-corrected chi connectivity index (χ4v) is 2.86. The lowest BCUT2D eigenvalue weighted by Gasteiger charge is -2.18. The molecule has 0 spiro atoms. The second kappa shape index (κ2) is 5.83. The van der Waals surface area contributed by atoms with E-state index < -0.39 is 0 Å². The summed E-state index contributed by atoms with van der Waals surface area (Å²) in [5, 5.41) is 0. The molecule has 5 nitrogen and oxygen atoms in total. The highest BCUT2D eigenvalue weighted by atomic mass is 79.9. The lowest BCUT2D eigenvalue weighted by Crippen LogP contribution is -2.32. The molecule has 0 aromatic heterocycles. The van der Waals surface area contributed by atoms with Gasteiger partial charge in [-0.25, -0.2) is 0 Å². The molecule has 0 unspecified atom stereocenters. The van der Waals surface area contributed by atoms with E-state index in [1.807, 2.05) is 6.92 Å². The van der Waals surface area contributed by atoms with Crippen molar-refractivity contribution in [2.75, 3.05) is 20.2 Å². The molecule has 0 radical (unpaired) electrons. The van der Waals surface area contributed by atoms with Crippen molar-refractivity contribution in [3.63, 3.8) is 0 Å². The van der Waals surface area contributed by atoms with E-state index in [1.54, 1.807) is 23.1 Å². The molecule has 1 saturated heterocycles. The van der Waals surface area contributed by atoms with E-state index in [0.29, 0.717) is 24.4 Å². The van der Waals surface area contributed by atoms with Crippen molar-refractivity contribution < 1.29 is 14.3 Å². The predicted molar refractivity (Wildman–Crippen MR) is 78.4 cm³/mol. The Morgan fingerprint density at radius 1 is 1.40 bits per heavy atom. The fraction of sp³-hybridized carbons (Fsp3) is 0.429. The van der Waals surface area contributed by atoms with Crippen molar-refractivity contribution in [3.05, 3.63) is 28.2 Å². The zero-order valence-electron chi connectivity index (χ0n) is 11.4. The van der Waals surface area contributed by atoms with Crippen LogP contribution in [0.3, 0.4) is 0 Å². The van der Waals surface area contributed by atoms with Gasteiger partial charge in [-0.1, -0.05) is 22.9 Å². The third kappa shape index (κ3) is 2.80. The van der Waals surface area contributed by atoms with E-state index in [4.69, 9.17) is 10.5 Å². The van der Waals surface area contributed by atoms with Gasteiger partial charge in [0.2, 0.25) is 5.91 Å². The molecule has 1 fully saturated rings. The molecule has 1 heterocycles. The van der Waals surface area contributed by atoms with E-state index in [-0.39, 0.29) is 23.7 Å². The first-order valence-electron chi connectivity index (χ1n) is 6.36. The van der Waals surface area contributed by atoms with Gasteiger partial charge in [-0.3, -0.25) is 9.59 Å². The lowest BCUT2D eigenvalue weighted by molar-refractivity contribution is -0.122. The number of benzene rings is 1. The van der Waals surface area contributed by atoms with Gasteiger partial charge < -0.3 is 15.4 Å². The van der Waals surface area contributed by atoms with Gasteiger partial charge in [0.15, 0.2) is 0 Å². The number of carbonyl (C=O) groups excluding carboxylic acids is 2. The molecule has 0 bridgehead atoms. The second-order valence-electron chi connectivity index (χ2n) is 5.04. The SMILES string of the molecule is COc1cc(Br)ccc1C(=O)N1C[C@@H](C)[C@H](C(N)=O)C1. The third-order valence-electron chi connectivity index (χ3n) is 3.66. The summed E-state index contributed by atoms with van der Waals surface area (Å²) < 4.78 is 6.08. The second-order valence-corrected chi connectivity index (χ2v) is 5.96. The summed E-state index contributed by atoms with van der Waals surface area (Å²) in [4.78, 5) is 25.5. The van der Waals surface area contributed by atoms with Crippen LogP contribution in [0.25, 0.3) is 0 Å². The highest BCUT2D eigenvalue weighted by Gasteiger charge is 2.36. The first-order valence-corrected chi connectivity index (χ1v) is 7.15. The van der Waals surface area contributed by atoms with Gasteiger partial charge in [0.1, 0.15) is 5.75 Å². The Balaban J connectivity index is 2.23. The van der Waals surface area contributed by atoms with Crippen molar-refractivity contribution in [1.82, 2.24) is 4.90 Å². The minimum atomic E-state index is -0.351. The van der Waals surface area contributed by atoms with Crippen LogP contribution in [0.15, 0.2) is 22.7 Å². The first-order chi connectivity index (χ1) is 9.43. The number of carbonyl (C=O) groups is 2. The first kappa shape index (κ1) is 14.8. The van der Waals surface area contributed by atoms with Crippen LogP contribution in [0.5, 0.6) is 5.75 Å². The van der Waals surface area contributed by atoms with Crippen LogP contribution in [-0.4, -0.2) is 36.9 Å². The standard InChI is InChI=1S/C14H17BrN2O3/c1-8-6-17(7-11(8)13(16)18)14(19)10-4-3-9(15)5-12(10)20-2/h3-5,8,11H,6-7H2,1-2H3,(H2,16,18)/t8-,11-/m1/s1. The minimum absolute atomic E-state index is 0.0814. The van der Waals surface area contributed by atoms with Gasteiger partial charge in [-0.05, 0) is 24.1 Å². The largest absolute Gasteiger partial charge is 0.496 e. The summed E-state index contributed by atoms with van der Waals surface area (Å²) in [5.41, 5.74) is 5.85. The fourth-order valence-electron chi connectivity index (χ4n) is 2.52. The van der Waals surface area contributed by atoms with Gasteiger partial charge in [0.05, 0.1) is 18.6 Å². The average molecular weight is 341 g/mol. The maximum Gasteiger partial charge on any atom is 0.257 e. The van der Waals surface area contributed by atoms with E-state index in [1.165, 1.54) is 7.11 Å². The Bertz CT molecular complexity index is 547. The number of nitrogens with two attached hydrogens (primary N) is 1. The van der Waals surface area contributed by atoms with Crippen molar-refractivity contribution in [1.29, 1.82) is 0 Å². The van der Waals surface area contributed by atoms with Crippen LogP contribution >= 0.6 is 15.9 Å². The highest BCUT2D eigenvalue weighted by Crippen LogP contribution is 2.28. The molecular weight excluding hydrogens is 324 g/mol. The Hall–Kier alpha value is -1.56. The average Bonchev–Trinajstić information content (AvgIpc) is 2.80.